The fourth-order valence-electron chi connectivity index (χ4n) is 2.43. The second-order valence-electron chi connectivity index (χ2n) is 5.09. The molecule has 0 radical (unpaired) electrons. The largest absolute Gasteiger partial charge is 0.463 e. The van der Waals surface area contributed by atoms with Crippen molar-refractivity contribution in [1.29, 1.82) is 0 Å². The SMILES string of the molecule is CCOC(=O)C1=C(C)NC(=O)NC1c1ccc(C)c([N+](=O)[O-])c1. The Kier molecular flexibility index (Phi) is 4.63. The van der Waals surface area contributed by atoms with Gasteiger partial charge in [0.2, 0.25) is 0 Å². The lowest BCUT2D eigenvalue weighted by molar-refractivity contribution is -0.385. The Morgan fingerprint density at radius 3 is 2.70 bits per heavy atom. The number of hydrogen-bond donors (Lipinski definition) is 2. The number of aryl methyl sites for hydroxylation is 1. The van der Waals surface area contributed by atoms with E-state index in [0.29, 0.717) is 16.8 Å². The van der Waals surface area contributed by atoms with Crippen LogP contribution in [0.2, 0.25) is 0 Å². The molecule has 1 aromatic carbocycles. The number of amides is 2. The van der Waals surface area contributed by atoms with E-state index in [1.54, 1.807) is 32.9 Å². The van der Waals surface area contributed by atoms with Crippen LogP contribution in [0.1, 0.15) is 31.0 Å². The molecule has 0 bridgehead atoms. The van der Waals surface area contributed by atoms with E-state index in [-0.39, 0.29) is 17.9 Å². The predicted molar refractivity (Wildman–Crippen MR) is 81.6 cm³/mol. The number of nitro benzene ring substituents is 1. The van der Waals surface area contributed by atoms with Crippen molar-refractivity contribution >= 4 is 17.7 Å². The molecule has 8 heteroatoms. The third kappa shape index (κ3) is 3.31. The molecule has 0 fully saturated rings. The number of urea groups is 1. The number of rotatable bonds is 4. The van der Waals surface area contributed by atoms with E-state index in [1.165, 1.54) is 6.07 Å². The van der Waals surface area contributed by atoms with E-state index in [0.717, 1.165) is 0 Å². The van der Waals surface area contributed by atoms with E-state index in [1.807, 2.05) is 0 Å². The molecule has 0 saturated carbocycles. The summed E-state index contributed by atoms with van der Waals surface area (Å²) in [4.78, 5) is 34.5. The minimum atomic E-state index is -0.804. The van der Waals surface area contributed by atoms with E-state index in [2.05, 4.69) is 10.6 Å². The summed E-state index contributed by atoms with van der Waals surface area (Å²) >= 11 is 0. The minimum absolute atomic E-state index is 0.0730. The molecule has 0 saturated heterocycles. The summed E-state index contributed by atoms with van der Waals surface area (Å²) in [7, 11) is 0. The Bertz CT molecular complexity index is 711. The normalized spacial score (nSPS) is 17.3. The number of nitro groups is 1. The van der Waals surface area contributed by atoms with Crippen LogP contribution in [-0.2, 0) is 9.53 Å². The molecule has 1 aromatic rings. The molecule has 1 aliphatic heterocycles. The van der Waals surface area contributed by atoms with Gasteiger partial charge in [0.1, 0.15) is 0 Å². The third-order valence-electron chi connectivity index (χ3n) is 3.53. The highest BCUT2D eigenvalue weighted by molar-refractivity contribution is 5.95. The smallest absolute Gasteiger partial charge is 0.338 e. The molecule has 2 rings (SSSR count). The Morgan fingerprint density at radius 1 is 1.39 bits per heavy atom. The maximum atomic E-state index is 12.2. The first-order chi connectivity index (χ1) is 10.8. The highest BCUT2D eigenvalue weighted by Crippen LogP contribution is 2.30. The van der Waals surface area contributed by atoms with Gasteiger partial charge < -0.3 is 15.4 Å². The number of benzene rings is 1. The number of hydrogen-bond acceptors (Lipinski definition) is 5. The predicted octanol–water partition coefficient (Wildman–Crippen LogP) is 2.09. The Labute approximate surface area is 132 Å². The molecule has 1 unspecified atom stereocenters. The summed E-state index contributed by atoms with van der Waals surface area (Å²) < 4.78 is 5.02. The molecule has 1 aliphatic rings. The number of nitrogens with one attached hydrogen (secondary N) is 2. The summed E-state index contributed by atoms with van der Waals surface area (Å²) in [6.45, 7) is 5.07. The molecule has 0 aliphatic carbocycles. The lowest BCUT2D eigenvalue weighted by Gasteiger charge is -2.28. The van der Waals surface area contributed by atoms with Crippen LogP contribution in [0.25, 0.3) is 0 Å². The monoisotopic (exact) mass is 319 g/mol. The Hall–Kier alpha value is -2.90. The number of carbonyl (C=O) groups is 2. The Morgan fingerprint density at radius 2 is 2.09 bits per heavy atom. The van der Waals surface area contributed by atoms with Crippen molar-refractivity contribution in [2.75, 3.05) is 6.61 Å². The van der Waals surface area contributed by atoms with Gasteiger partial charge in [0.15, 0.2) is 0 Å². The van der Waals surface area contributed by atoms with Crippen molar-refractivity contribution in [2.45, 2.75) is 26.8 Å². The maximum Gasteiger partial charge on any atom is 0.338 e. The molecular weight excluding hydrogens is 302 g/mol. The van der Waals surface area contributed by atoms with Crippen LogP contribution in [0.3, 0.4) is 0 Å². The number of nitrogens with zero attached hydrogens (tertiary/aromatic N) is 1. The van der Waals surface area contributed by atoms with Crippen LogP contribution < -0.4 is 10.6 Å². The molecule has 122 valence electrons. The topological polar surface area (TPSA) is 111 Å². The van der Waals surface area contributed by atoms with Crippen molar-refractivity contribution in [1.82, 2.24) is 10.6 Å². The van der Waals surface area contributed by atoms with Gasteiger partial charge in [0, 0.05) is 17.3 Å². The van der Waals surface area contributed by atoms with Crippen molar-refractivity contribution in [3.8, 4) is 0 Å². The second-order valence-corrected chi connectivity index (χ2v) is 5.09. The number of allylic oxidation sites excluding steroid dienone is 1. The van der Waals surface area contributed by atoms with Gasteiger partial charge >= 0.3 is 12.0 Å². The number of esters is 1. The summed E-state index contributed by atoms with van der Waals surface area (Å²) in [5, 5.41) is 16.2. The molecule has 2 amide bonds. The van der Waals surface area contributed by atoms with Gasteiger partial charge in [0.05, 0.1) is 23.1 Å². The van der Waals surface area contributed by atoms with Crippen LogP contribution in [0.5, 0.6) is 0 Å². The van der Waals surface area contributed by atoms with Crippen LogP contribution in [0.4, 0.5) is 10.5 Å². The van der Waals surface area contributed by atoms with E-state index >= 15 is 0 Å². The average molecular weight is 319 g/mol. The van der Waals surface area contributed by atoms with Gasteiger partial charge in [-0.1, -0.05) is 12.1 Å². The van der Waals surface area contributed by atoms with Crippen LogP contribution in [-0.4, -0.2) is 23.5 Å². The van der Waals surface area contributed by atoms with Crippen molar-refractivity contribution in [3.05, 3.63) is 50.7 Å². The summed E-state index contributed by atoms with van der Waals surface area (Å²) in [6.07, 6.45) is 0. The van der Waals surface area contributed by atoms with Gasteiger partial charge in [-0.05, 0) is 26.3 Å². The zero-order chi connectivity index (χ0) is 17.1. The van der Waals surface area contributed by atoms with Gasteiger partial charge in [0.25, 0.3) is 5.69 Å². The number of carbonyl (C=O) groups excluding carboxylic acids is 2. The third-order valence-corrected chi connectivity index (χ3v) is 3.53. The van der Waals surface area contributed by atoms with Crippen molar-refractivity contribution in [3.63, 3.8) is 0 Å². The highest BCUT2D eigenvalue weighted by Gasteiger charge is 2.33. The quantitative estimate of drug-likeness (QED) is 0.501. The standard InChI is InChI=1S/C15H17N3O5/c1-4-23-14(19)12-9(3)16-15(20)17-13(12)10-6-5-8(2)11(7-10)18(21)22/h5-7,13H,4H2,1-3H3,(H2,16,17,20). The van der Waals surface area contributed by atoms with E-state index in [4.69, 9.17) is 4.74 Å². The minimum Gasteiger partial charge on any atom is -0.463 e. The zero-order valence-corrected chi connectivity index (χ0v) is 13.0. The molecule has 0 aromatic heterocycles. The van der Waals surface area contributed by atoms with Gasteiger partial charge in [-0.15, -0.1) is 0 Å². The van der Waals surface area contributed by atoms with E-state index in [9.17, 15) is 19.7 Å². The molecule has 23 heavy (non-hydrogen) atoms. The summed E-state index contributed by atoms with van der Waals surface area (Å²) in [6, 6.07) is 3.30. The van der Waals surface area contributed by atoms with Crippen molar-refractivity contribution < 1.29 is 19.2 Å². The van der Waals surface area contributed by atoms with Gasteiger partial charge in [-0.2, -0.15) is 0 Å². The number of ether oxygens (including phenoxy) is 1. The maximum absolute atomic E-state index is 12.2. The fraction of sp³-hybridized carbons (Fsp3) is 0.333. The fourth-order valence-corrected chi connectivity index (χ4v) is 2.43. The molecule has 0 spiro atoms. The molecule has 1 atom stereocenters. The lowest BCUT2D eigenvalue weighted by Crippen LogP contribution is -2.45. The van der Waals surface area contributed by atoms with E-state index < -0.39 is 23.0 Å². The first kappa shape index (κ1) is 16.5. The summed E-state index contributed by atoms with van der Waals surface area (Å²) in [5.41, 5.74) is 1.46. The van der Waals surface area contributed by atoms with Gasteiger partial charge in [-0.25, -0.2) is 9.59 Å². The van der Waals surface area contributed by atoms with Crippen LogP contribution >= 0.6 is 0 Å². The lowest BCUT2D eigenvalue weighted by atomic mass is 9.94. The average Bonchev–Trinajstić information content (AvgIpc) is 2.46. The Balaban J connectivity index is 2.52. The van der Waals surface area contributed by atoms with Gasteiger partial charge in [-0.3, -0.25) is 10.1 Å². The first-order valence-electron chi connectivity index (χ1n) is 7.05. The van der Waals surface area contributed by atoms with Crippen LogP contribution in [0.15, 0.2) is 29.5 Å². The van der Waals surface area contributed by atoms with Crippen molar-refractivity contribution in [2.24, 2.45) is 0 Å². The molecular formula is C15H17N3O5. The molecule has 2 N–H and O–H groups in total. The highest BCUT2D eigenvalue weighted by atomic mass is 16.6. The first-order valence-corrected chi connectivity index (χ1v) is 7.05. The summed E-state index contributed by atoms with van der Waals surface area (Å²) in [5.74, 6) is -0.578. The molecule has 8 nitrogen and oxygen atoms in total. The zero-order valence-electron chi connectivity index (χ0n) is 13.0. The molecule has 1 heterocycles. The second kappa shape index (κ2) is 6.47. The van der Waals surface area contributed by atoms with Crippen LogP contribution in [0, 0.1) is 17.0 Å².